The van der Waals surface area contributed by atoms with E-state index in [0.717, 1.165) is 16.7 Å². The summed E-state index contributed by atoms with van der Waals surface area (Å²) in [7, 11) is -4.74. The Morgan fingerprint density at radius 3 is 2.44 bits per heavy atom. The summed E-state index contributed by atoms with van der Waals surface area (Å²) >= 11 is 0. The van der Waals surface area contributed by atoms with Crippen LogP contribution in [0.4, 0.5) is 0 Å². The fourth-order valence-electron chi connectivity index (χ4n) is 6.57. The summed E-state index contributed by atoms with van der Waals surface area (Å²) in [6.45, 7) is 0. The van der Waals surface area contributed by atoms with Gasteiger partial charge in [-0.25, -0.2) is 13.4 Å². The summed E-state index contributed by atoms with van der Waals surface area (Å²) in [6, 6.07) is 19.2. The van der Waals surface area contributed by atoms with Crippen molar-refractivity contribution in [3.8, 4) is 11.5 Å². The Labute approximate surface area is 273 Å². The van der Waals surface area contributed by atoms with Crippen LogP contribution in [0, 0.1) is 11.8 Å². The molecule has 0 fully saturated rings. The van der Waals surface area contributed by atoms with Crippen LogP contribution >= 0.6 is 0 Å². The molecule has 0 saturated carbocycles. The number of aliphatic hydroxyl groups excluding tert-OH is 1. The molecule has 0 saturated heterocycles. The Bertz CT molecular complexity index is 1680. The number of ether oxygens (including phenoxy) is 1. The molecule has 4 heterocycles. The molecule has 6 atom stereocenters. The number of hydrogen-bond acceptors (Lipinski definition) is 7. The largest absolute Gasteiger partial charge is 1.00 e. The van der Waals surface area contributed by atoms with Crippen LogP contribution in [0.5, 0.6) is 11.5 Å². The van der Waals surface area contributed by atoms with E-state index in [-0.39, 0.29) is 59.5 Å². The van der Waals surface area contributed by atoms with Crippen LogP contribution in [0.3, 0.4) is 0 Å². The SMILES string of the molecule is NC(N)=NC1Oc2ccc(cc2)CCC(S(=O)(=O)[O-])C2C=C(C(O)c3ccc(O)cc3)CC3C=Cc4cc1ccc4C32.[Na+]. The topological polar surface area (TPSA) is 171 Å². The maximum absolute atomic E-state index is 12.9. The summed E-state index contributed by atoms with van der Waals surface area (Å²) in [6.07, 6.45) is 4.96. The van der Waals surface area contributed by atoms with Crippen molar-refractivity contribution in [2.75, 3.05) is 0 Å². The van der Waals surface area contributed by atoms with Crippen molar-refractivity contribution in [2.45, 2.75) is 42.8 Å². The number of aliphatic hydroxyl groups is 1. The first kappa shape index (κ1) is 31.3. The Balaban J connectivity index is 0.00000368. The molecule has 3 aromatic rings. The molecule has 3 aromatic carbocycles. The van der Waals surface area contributed by atoms with Gasteiger partial charge in [0.05, 0.1) is 15.4 Å². The predicted molar refractivity (Wildman–Crippen MR) is 158 cm³/mol. The molecule has 0 amide bonds. The molecule has 9 nitrogen and oxygen atoms in total. The van der Waals surface area contributed by atoms with Gasteiger partial charge in [0.15, 0.2) is 5.96 Å². The van der Waals surface area contributed by atoms with Gasteiger partial charge in [0.25, 0.3) is 0 Å². The number of nitrogens with zero attached hydrogens (tertiary/aromatic N) is 1. The predicted octanol–water partition coefficient (Wildman–Crippen LogP) is 1.01. The standard InChI is InChI=1S/C32H33N3O6S.Na/c33-32(34)35-31-22-8-13-26-20(15-22)4-5-21-16-23(30(37)19-6-9-24(36)10-7-19)17-27(29(21)26)28(42(38,39)40)14-3-18-1-11-25(41-31)12-2-18;/h1-2,4-13,15,17,21,27-31,36-37H,3,14,16H2,(H4,33,34,35)(H,38,39,40);/q;+1/p-1. The van der Waals surface area contributed by atoms with Gasteiger partial charge in [-0.3, -0.25) is 0 Å². The van der Waals surface area contributed by atoms with Crippen LogP contribution in [0.2, 0.25) is 0 Å². The number of aliphatic imine (C=N–C) groups is 1. The van der Waals surface area contributed by atoms with Crippen LogP contribution in [0.25, 0.3) is 6.08 Å². The van der Waals surface area contributed by atoms with E-state index in [1.54, 1.807) is 24.3 Å². The molecule has 9 rings (SSSR count). The van der Waals surface area contributed by atoms with E-state index < -0.39 is 33.6 Å². The minimum absolute atomic E-state index is 0. The summed E-state index contributed by atoms with van der Waals surface area (Å²) in [5.41, 5.74) is 16.0. The Morgan fingerprint density at radius 2 is 1.77 bits per heavy atom. The third-order valence-corrected chi connectivity index (χ3v) is 9.84. The Kier molecular flexibility index (Phi) is 9.08. The molecular formula is C32H32N3NaO6S. The van der Waals surface area contributed by atoms with Gasteiger partial charge in [-0.1, -0.05) is 54.6 Å². The molecule has 6 aliphatic rings. The second-order valence-electron chi connectivity index (χ2n) is 11.2. The summed E-state index contributed by atoms with van der Waals surface area (Å²) < 4.78 is 45.0. The molecule has 4 aliphatic heterocycles. The first-order valence-corrected chi connectivity index (χ1v) is 15.3. The third-order valence-electron chi connectivity index (χ3n) is 8.55. The smallest absolute Gasteiger partial charge is 0.748 e. The number of aryl methyl sites for hydroxylation is 1. The molecule has 6 unspecified atom stereocenters. The fourth-order valence-corrected chi connectivity index (χ4v) is 7.61. The van der Waals surface area contributed by atoms with Gasteiger partial charge in [-0.05, 0) is 89.3 Å². The number of guanidine groups is 1. The Morgan fingerprint density at radius 1 is 1.05 bits per heavy atom. The van der Waals surface area contributed by atoms with Gasteiger partial charge >= 0.3 is 29.6 Å². The van der Waals surface area contributed by atoms with Crippen molar-refractivity contribution in [3.05, 3.63) is 112 Å². The van der Waals surface area contributed by atoms with Crippen molar-refractivity contribution in [3.63, 3.8) is 0 Å². The zero-order chi connectivity index (χ0) is 29.6. The zero-order valence-electron chi connectivity index (χ0n) is 23.7. The molecule has 11 heteroatoms. The average Bonchev–Trinajstić information content (AvgIpc) is 2.96. The number of allylic oxidation sites excluding steroid dienone is 2. The van der Waals surface area contributed by atoms with Gasteiger partial charge < -0.3 is 31.0 Å². The minimum Gasteiger partial charge on any atom is -0.748 e. The zero-order valence-corrected chi connectivity index (χ0v) is 26.5. The number of rotatable bonds is 4. The van der Waals surface area contributed by atoms with E-state index in [1.165, 1.54) is 12.1 Å². The van der Waals surface area contributed by atoms with E-state index in [2.05, 4.69) is 4.99 Å². The molecule has 218 valence electrons. The monoisotopic (exact) mass is 609 g/mol. The van der Waals surface area contributed by atoms with Gasteiger partial charge in [-0.2, -0.15) is 0 Å². The van der Waals surface area contributed by atoms with E-state index in [0.29, 0.717) is 35.3 Å². The molecule has 6 N–H and O–H groups in total. The second-order valence-corrected chi connectivity index (χ2v) is 12.8. The van der Waals surface area contributed by atoms with Crippen LogP contribution < -0.4 is 45.8 Å². The normalized spacial score (nSPS) is 24.9. The number of nitrogens with two attached hydrogens (primary N) is 2. The van der Waals surface area contributed by atoms with Crippen molar-refractivity contribution in [2.24, 2.45) is 28.3 Å². The molecule has 2 aliphatic carbocycles. The van der Waals surface area contributed by atoms with E-state index in [1.807, 2.05) is 48.6 Å². The van der Waals surface area contributed by atoms with Crippen LogP contribution in [0.1, 0.15) is 58.9 Å². The van der Waals surface area contributed by atoms with Crippen LogP contribution in [-0.2, 0) is 16.5 Å². The minimum atomic E-state index is -4.74. The van der Waals surface area contributed by atoms with Gasteiger partial charge in [0.2, 0.25) is 6.23 Å². The number of aromatic hydroxyl groups is 1. The van der Waals surface area contributed by atoms with Crippen molar-refractivity contribution in [1.29, 1.82) is 0 Å². The number of phenolic OH excluding ortho intramolecular Hbond substituents is 1. The number of hydrogen-bond donors (Lipinski definition) is 4. The average molecular weight is 610 g/mol. The van der Waals surface area contributed by atoms with Crippen molar-refractivity contribution in [1.82, 2.24) is 0 Å². The maximum Gasteiger partial charge on any atom is 1.00 e. The van der Waals surface area contributed by atoms with E-state index in [4.69, 9.17) is 16.2 Å². The number of benzene rings is 3. The van der Waals surface area contributed by atoms with Gasteiger partial charge in [0.1, 0.15) is 17.6 Å². The Hall–Kier alpha value is -3.12. The van der Waals surface area contributed by atoms with Crippen LogP contribution in [0.15, 0.2) is 89.4 Å². The maximum atomic E-state index is 12.9. The first-order valence-electron chi connectivity index (χ1n) is 13.9. The van der Waals surface area contributed by atoms with Gasteiger partial charge in [-0.15, -0.1) is 0 Å². The first-order chi connectivity index (χ1) is 20.1. The number of phenols is 1. The molecular weight excluding hydrogens is 577 g/mol. The van der Waals surface area contributed by atoms with Gasteiger partial charge in [0, 0.05) is 11.5 Å². The molecule has 0 spiro atoms. The fraction of sp³-hybridized carbons (Fsp3) is 0.281. The second kappa shape index (κ2) is 12.5. The van der Waals surface area contributed by atoms with Crippen molar-refractivity contribution < 1.29 is 57.5 Å². The molecule has 43 heavy (non-hydrogen) atoms. The molecule has 0 radical (unpaired) electrons. The summed E-state index contributed by atoms with van der Waals surface area (Å²) in [5.74, 6) is -0.647. The van der Waals surface area contributed by atoms with E-state index >= 15 is 0 Å². The van der Waals surface area contributed by atoms with E-state index in [9.17, 15) is 23.2 Å². The molecule has 6 bridgehead atoms. The van der Waals surface area contributed by atoms with Crippen LogP contribution in [-0.4, -0.2) is 34.4 Å². The molecule has 0 aromatic heterocycles. The van der Waals surface area contributed by atoms with Crippen molar-refractivity contribution >= 4 is 22.2 Å². The summed E-state index contributed by atoms with van der Waals surface area (Å²) in [5, 5.41) is 19.9. The quantitative estimate of drug-likeness (QED) is 0.112. The third kappa shape index (κ3) is 6.55. The summed E-state index contributed by atoms with van der Waals surface area (Å²) in [4.78, 5) is 4.30.